The Bertz CT molecular complexity index is 605. The van der Waals surface area contributed by atoms with Crippen LogP contribution in [0.15, 0.2) is 45.6 Å². The first-order valence-electron chi connectivity index (χ1n) is 4.78. The van der Waals surface area contributed by atoms with Gasteiger partial charge in [-0.3, -0.25) is 15.1 Å². The van der Waals surface area contributed by atoms with Crippen molar-refractivity contribution in [3.8, 4) is 11.5 Å². The number of ether oxygens (including phenoxy) is 1. The van der Waals surface area contributed by atoms with Gasteiger partial charge in [0.05, 0.1) is 11.1 Å². The summed E-state index contributed by atoms with van der Waals surface area (Å²) in [5.41, 5.74) is -0.0989. The first kappa shape index (κ1) is 13.0. The van der Waals surface area contributed by atoms with Crippen molar-refractivity contribution in [2.75, 3.05) is 0 Å². The monoisotopic (exact) mass is 372 g/mol. The summed E-state index contributed by atoms with van der Waals surface area (Å²) in [5, 5.41) is 10.9. The summed E-state index contributed by atoms with van der Waals surface area (Å²) >= 11 is 6.50. The molecular weight excluding hydrogens is 368 g/mol. The number of hydrogen-bond acceptors (Lipinski definition) is 4. The molecule has 2 rings (SSSR count). The molecule has 0 aliphatic heterocycles. The summed E-state index contributed by atoms with van der Waals surface area (Å²) in [6.07, 6.45) is 3.08. The molecule has 0 unspecified atom stereocenters. The summed E-state index contributed by atoms with van der Waals surface area (Å²) in [5.74, 6) is 0.583. The van der Waals surface area contributed by atoms with Gasteiger partial charge in [-0.1, -0.05) is 15.9 Å². The van der Waals surface area contributed by atoms with Crippen LogP contribution in [0.25, 0.3) is 0 Å². The van der Waals surface area contributed by atoms with E-state index in [0.29, 0.717) is 10.2 Å². The van der Waals surface area contributed by atoms with E-state index in [-0.39, 0.29) is 11.4 Å². The van der Waals surface area contributed by atoms with Crippen LogP contribution < -0.4 is 4.74 Å². The van der Waals surface area contributed by atoms with Crippen molar-refractivity contribution in [3.05, 3.63) is 55.7 Å². The molecule has 18 heavy (non-hydrogen) atoms. The van der Waals surface area contributed by atoms with Gasteiger partial charge >= 0.3 is 5.69 Å². The number of halogens is 2. The number of hydrogen-bond donors (Lipinski definition) is 0. The van der Waals surface area contributed by atoms with Gasteiger partial charge in [0.1, 0.15) is 5.75 Å². The van der Waals surface area contributed by atoms with E-state index in [2.05, 4.69) is 36.8 Å². The van der Waals surface area contributed by atoms with Gasteiger partial charge in [0.15, 0.2) is 0 Å². The fourth-order valence-electron chi connectivity index (χ4n) is 1.30. The summed E-state index contributed by atoms with van der Waals surface area (Å²) in [6.45, 7) is 0. The normalized spacial score (nSPS) is 10.1. The molecule has 0 saturated heterocycles. The van der Waals surface area contributed by atoms with Crippen LogP contribution in [0.2, 0.25) is 0 Å². The molecule has 0 aliphatic carbocycles. The highest BCUT2D eigenvalue weighted by molar-refractivity contribution is 9.10. The maximum absolute atomic E-state index is 10.9. The highest BCUT2D eigenvalue weighted by Crippen LogP contribution is 2.34. The number of benzene rings is 1. The zero-order valence-corrected chi connectivity index (χ0v) is 12.0. The largest absolute Gasteiger partial charge is 0.448 e. The Labute approximate surface area is 119 Å². The third kappa shape index (κ3) is 3.05. The van der Waals surface area contributed by atoms with Crippen LogP contribution in [0.3, 0.4) is 0 Å². The van der Waals surface area contributed by atoms with Gasteiger partial charge in [-0.05, 0) is 28.1 Å². The van der Waals surface area contributed by atoms with Gasteiger partial charge in [-0.25, -0.2) is 0 Å². The fourth-order valence-corrected chi connectivity index (χ4v) is 1.98. The minimum absolute atomic E-state index is 0.0989. The average molecular weight is 374 g/mol. The Hall–Kier alpha value is -1.47. The smallest absolute Gasteiger partial charge is 0.311 e. The van der Waals surface area contributed by atoms with Gasteiger partial charge in [0, 0.05) is 27.3 Å². The number of nitro benzene ring substituents is 1. The molecule has 5 nitrogen and oxygen atoms in total. The minimum Gasteiger partial charge on any atom is -0.448 e. The van der Waals surface area contributed by atoms with E-state index >= 15 is 0 Å². The number of aromatic nitrogens is 1. The van der Waals surface area contributed by atoms with Crippen molar-refractivity contribution in [1.29, 1.82) is 0 Å². The molecule has 92 valence electrons. The molecule has 0 atom stereocenters. The Balaban J connectivity index is 2.39. The zero-order chi connectivity index (χ0) is 13.1. The zero-order valence-electron chi connectivity index (χ0n) is 8.84. The lowest BCUT2D eigenvalue weighted by Crippen LogP contribution is -1.93. The Morgan fingerprint density at radius 3 is 2.61 bits per heavy atom. The van der Waals surface area contributed by atoms with Crippen molar-refractivity contribution >= 4 is 37.5 Å². The average Bonchev–Trinajstić information content (AvgIpc) is 2.28. The molecule has 0 radical (unpaired) electrons. The molecule has 0 spiro atoms. The quantitative estimate of drug-likeness (QED) is 0.594. The molecular formula is C11H6Br2N2O3. The number of pyridine rings is 1. The van der Waals surface area contributed by atoms with Gasteiger partial charge in [-0.2, -0.15) is 0 Å². The van der Waals surface area contributed by atoms with Gasteiger partial charge in [-0.15, -0.1) is 0 Å². The van der Waals surface area contributed by atoms with E-state index in [4.69, 9.17) is 4.74 Å². The lowest BCUT2D eigenvalue weighted by Gasteiger charge is -2.06. The summed E-state index contributed by atoms with van der Waals surface area (Å²) in [4.78, 5) is 14.3. The number of rotatable bonds is 3. The SMILES string of the molecule is O=[N+]([O-])c1ccc(Br)cc1Oc1cncc(Br)c1. The Kier molecular flexibility index (Phi) is 3.93. The van der Waals surface area contributed by atoms with Crippen molar-refractivity contribution in [2.45, 2.75) is 0 Å². The topological polar surface area (TPSA) is 65.3 Å². The molecule has 0 N–H and O–H groups in total. The second-order valence-electron chi connectivity index (χ2n) is 3.31. The highest BCUT2D eigenvalue weighted by Gasteiger charge is 2.16. The standard InChI is InChI=1S/C11H6Br2N2O3/c12-7-1-2-10(15(16)17)11(4-7)18-9-3-8(13)5-14-6-9/h1-6H. The number of nitro groups is 1. The molecule has 2 aromatic rings. The Morgan fingerprint density at radius 2 is 1.94 bits per heavy atom. The van der Waals surface area contributed by atoms with Crippen molar-refractivity contribution in [1.82, 2.24) is 4.98 Å². The molecule has 0 fully saturated rings. The van der Waals surface area contributed by atoms with Crippen LogP contribution in [0.1, 0.15) is 0 Å². The first-order valence-corrected chi connectivity index (χ1v) is 6.37. The Morgan fingerprint density at radius 1 is 1.17 bits per heavy atom. The van der Waals surface area contributed by atoms with Gasteiger partial charge < -0.3 is 4.74 Å². The molecule has 1 aromatic carbocycles. The van der Waals surface area contributed by atoms with E-state index in [0.717, 1.165) is 4.47 Å². The minimum atomic E-state index is -0.493. The van der Waals surface area contributed by atoms with Crippen LogP contribution in [0.4, 0.5) is 5.69 Å². The third-order valence-electron chi connectivity index (χ3n) is 2.03. The van der Waals surface area contributed by atoms with Crippen LogP contribution in [0.5, 0.6) is 11.5 Å². The second-order valence-corrected chi connectivity index (χ2v) is 5.14. The highest BCUT2D eigenvalue weighted by atomic mass is 79.9. The third-order valence-corrected chi connectivity index (χ3v) is 2.95. The summed E-state index contributed by atoms with van der Waals surface area (Å²) in [6, 6.07) is 6.19. The molecule has 7 heteroatoms. The van der Waals surface area contributed by atoms with Crippen LogP contribution in [-0.4, -0.2) is 9.91 Å². The lowest BCUT2D eigenvalue weighted by molar-refractivity contribution is -0.385. The maximum atomic E-state index is 10.9. The van der Waals surface area contributed by atoms with Crippen LogP contribution >= 0.6 is 31.9 Å². The fraction of sp³-hybridized carbons (Fsp3) is 0. The van der Waals surface area contributed by atoms with E-state index in [9.17, 15) is 10.1 Å². The molecule has 1 aromatic heterocycles. The molecule has 0 bridgehead atoms. The lowest BCUT2D eigenvalue weighted by atomic mass is 10.3. The van der Waals surface area contributed by atoms with E-state index in [1.165, 1.54) is 12.3 Å². The summed E-state index contributed by atoms with van der Waals surface area (Å²) < 4.78 is 6.90. The van der Waals surface area contributed by atoms with Gasteiger partial charge in [0.25, 0.3) is 0 Å². The van der Waals surface area contributed by atoms with Crippen LogP contribution in [0, 0.1) is 10.1 Å². The van der Waals surface area contributed by atoms with Crippen molar-refractivity contribution < 1.29 is 9.66 Å². The van der Waals surface area contributed by atoms with Crippen molar-refractivity contribution in [3.63, 3.8) is 0 Å². The van der Waals surface area contributed by atoms with E-state index in [1.54, 1.807) is 24.4 Å². The van der Waals surface area contributed by atoms with Crippen LogP contribution in [-0.2, 0) is 0 Å². The molecule has 0 saturated carbocycles. The van der Waals surface area contributed by atoms with Gasteiger partial charge in [0.2, 0.25) is 5.75 Å². The molecule has 0 aliphatic rings. The maximum Gasteiger partial charge on any atom is 0.311 e. The van der Waals surface area contributed by atoms with E-state index < -0.39 is 4.92 Å². The second kappa shape index (κ2) is 5.45. The molecule has 1 heterocycles. The summed E-state index contributed by atoms with van der Waals surface area (Å²) in [7, 11) is 0. The first-order chi connectivity index (χ1) is 8.56. The predicted octanol–water partition coefficient (Wildman–Crippen LogP) is 4.31. The molecule has 0 amide bonds. The van der Waals surface area contributed by atoms with E-state index in [1.807, 2.05) is 0 Å². The van der Waals surface area contributed by atoms with Crippen molar-refractivity contribution in [2.24, 2.45) is 0 Å². The number of nitrogens with zero attached hydrogens (tertiary/aromatic N) is 2. The predicted molar refractivity (Wildman–Crippen MR) is 72.8 cm³/mol.